The summed E-state index contributed by atoms with van der Waals surface area (Å²) in [4.78, 5) is 0.322. The summed E-state index contributed by atoms with van der Waals surface area (Å²) in [6, 6.07) is 11.3. The molecule has 0 unspecified atom stereocenters. The SMILES string of the molecule is Cc1ccc(S(=O)(=O)n2cc3c(c2)-c2cc(C)cc(C)c2C3)cc1. The summed E-state index contributed by atoms with van der Waals surface area (Å²) in [7, 11) is -3.54. The summed E-state index contributed by atoms with van der Waals surface area (Å²) < 4.78 is 27.1. The lowest BCUT2D eigenvalue weighted by Crippen LogP contribution is -2.11. The lowest BCUT2D eigenvalue weighted by Gasteiger charge is -2.09. The Bertz CT molecular complexity index is 1060. The van der Waals surface area contributed by atoms with Gasteiger partial charge in [0.25, 0.3) is 10.0 Å². The van der Waals surface area contributed by atoms with Crippen LogP contribution in [0.4, 0.5) is 0 Å². The Labute approximate surface area is 142 Å². The standard InChI is InChI=1S/C20H19NO2S/c1-13-4-6-17(7-5-13)24(22,23)21-11-16-10-18-15(3)8-14(2)9-19(18)20(16)12-21/h4-9,11-12H,10H2,1-3H3. The van der Waals surface area contributed by atoms with E-state index in [1.165, 1.54) is 26.2 Å². The van der Waals surface area contributed by atoms with E-state index in [-0.39, 0.29) is 0 Å². The molecular formula is C20H19NO2S. The first-order valence-electron chi connectivity index (χ1n) is 8.00. The molecule has 122 valence electrons. The van der Waals surface area contributed by atoms with E-state index in [4.69, 9.17) is 0 Å². The molecule has 0 bridgehead atoms. The van der Waals surface area contributed by atoms with Crippen LogP contribution in [0.25, 0.3) is 11.1 Å². The highest BCUT2D eigenvalue weighted by molar-refractivity contribution is 7.90. The Morgan fingerprint density at radius 2 is 1.58 bits per heavy atom. The second-order valence-electron chi connectivity index (χ2n) is 6.63. The van der Waals surface area contributed by atoms with Crippen LogP contribution in [-0.4, -0.2) is 12.4 Å². The molecule has 0 spiro atoms. The van der Waals surface area contributed by atoms with E-state index in [1.54, 1.807) is 24.5 Å². The molecule has 0 N–H and O–H groups in total. The van der Waals surface area contributed by atoms with E-state index in [0.717, 1.165) is 23.1 Å². The number of hydrogen-bond acceptors (Lipinski definition) is 2. The van der Waals surface area contributed by atoms with Gasteiger partial charge in [-0.2, -0.15) is 0 Å². The van der Waals surface area contributed by atoms with Gasteiger partial charge >= 0.3 is 0 Å². The van der Waals surface area contributed by atoms with Crippen LogP contribution in [0.2, 0.25) is 0 Å². The molecule has 24 heavy (non-hydrogen) atoms. The van der Waals surface area contributed by atoms with Gasteiger partial charge in [-0.15, -0.1) is 0 Å². The van der Waals surface area contributed by atoms with Crippen LogP contribution < -0.4 is 0 Å². The van der Waals surface area contributed by atoms with Crippen LogP contribution in [-0.2, 0) is 16.4 Å². The Hall–Kier alpha value is -2.33. The van der Waals surface area contributed by atoms with Crippen LogP contribution in [0.1, 0.15) is 27.8 Å². The summed E-state index contributed by atoms with van der Waals surface area (Å²) in [5.74, 6) is 0. The molecule has 0 amide bonds. The summed E-state index contributed by atoms with van der Waals surface area (Å²) in [6.07, 6.45) is 4.32. The van der Waals surface area contributed by atoms with Crippen molar-refractivity contribution in [3.8, 4) is 11.1 Å². The zero-order chi connectivity index (χ0) is 17.1. The van der Waals surface area contributed by atoms with Gasteiger partial charge in [-0.25, -0.2) is 12.4 Å². The Balaban J connectivity index is 1.83. The highest BCUT2D eigenvalue weighted by Crippen LogP contribution is 2.40. The Morgan fingerprint density at radius 3 is 2.29 bits per heavy atom. The predicted molar refractivity (Wildman–Crippen MR) is 95.9 cm³/mol. The molecule has 4 heteroatoms. The molecule has 0 radical (unpaired) electrons. The number of aromatic nitrogens is 1. The molecule has 1 heterocycles. The predicted octanol–water partition coefficient (Wildman–Crippen LogP) is 4.22. The lowest BCUT2D eigenvalue weighted by molar-refractivity contribution is 0.587. The maximum atomic E-state index is 12.9. The largest absolute Gasteiger partial charge is 0.267 e. The molecule has 1 aliphatic rings. The van der Waals surface area contributed by atoms with Gasteiger partial charge in [-0.1, -0.05) is 35.4 Å². The van der Waals surface area contributed by atoms with E-state index >= 15 is 0 Å². The van der Waals surface area contributed by atoms with Crippen LogP contribution >= 0.6 is 0 Å². The molecule has 0 aliphatic heterocycles. The zero-order valence-corrected chi connectivity index (χ0v) is 14.8. The summed E-state index contributed by atoms with van der Waals surface area (Å²) in [5.41, 5.74) is 8.11. The van der Waals surface area contributed by atoms with E-state index in [0.29, 0.717) is 4.90 Å². The number of rotatable bonds is 2. The van der Waals surface area contributed by atoms with E-state index in [9.17, 15) is 8.42 Å². The van der Waals surface area contributed by atoms with Crippen molar-refractivity contribution in [2.24, 2.45) is 0 Å². The average molecular weight is 337 g/mol. The molecule has 3 aromatic rings. The lowest BCUT2D eigenvalue weighted by atomic mass is 10.00. The first-order valence-corrected chi connectivity index (χ1v) is 9.44. The molecule has 0 saturated heterocycles. The van der Waals surface area contributed by atoms with Crippen molar-refractivity contribution in [2.75, 3.05) is 0 Å². The summed E-state index contributed by atoms with van der Waals surface area (Å²) in [5, 5.41) is 0. The van der Waals surface area contributed by atoms with Crippen LogP contribution in [0.3, 0.4) is 0 Å². The van der Waals surface area contributed by atoms with Crippen LogP contribution in [0, 0.1) is 20.8 Å². The molecule has 0 saturated carbocycles. The van der Waals surface area contributed by atoms with Crippen molar-refractivity contribution in [3.63, 3.8) is 0 Å². The maximum Gasteiger partial charge on any atom is 0.267 e. The van der Waals surface area contributed by atoms with Gasteiger partial charge in [-0.3, -0.25) is 0 Å². The van der Waals surface area contributed by atoms with Crippen molar-refractivity contribution in [1.29, 1.82) is 0 Å². The summed E-state index contributed by atoms with van der Waals surface area (Å²) in [6.45, 7) is 6.14. The maximum absolute atomic E-state index is 12.9. The van der Waals surface area contributed by atoms with Gasteiger partial charge in [0.2, 0.25) is 0 Å². The highest BCUT2D eigenvalue weighted by Gasteiger charge is 2.26. The van der Waals surface area contributed by atoms with Crippen molar-refractivity contribution in [2.45, 2.75) is 32.1 Å². The molecule has 4 rings (SSSR count). The van der Waals surface area contributed by atoms with Gasteiger partial charge < -0.3 is 0 Å². The third-order valence-corrected chi connectivity index (χ3v) is 6.39. The fraction of sp³-hybridized carbons (Fsp3) is 0.200. The average Bonchev–Trinajstić information content (AvgIpc) is 3.07. The van der Waals surface area contributed by atoms with Crippen LogP contribution in [0.5, 0.6) is 0 Å². The minimum absolute atomic E-state index is 0.322. The molecule has 3 nitrogen and oxygen atoms in total. The number of aryl methyl sites for hydroxylation is 3. The molecule has 0 atom stereocenters. The fourth-order valence-electron chi connectivity index (χ4n) is 3.49. The monoisotopic (exact) mass is 337 g/mol. The van der Waals surface area contributed by atoms with Crippen molar-refractivity contribution >= 4 is 10.0 Å². The second kappa shape index (κ2) is 5.08. The van der Waals surface area contributed by atoms with Crippen molar-refractivity contribution in [3.05, 3.63) is 76.6 Å². The smallest absolute Gasteiger partial charge is 0.248 e. The summed E-state index contributed by atoms with van der Waals surface area (Å²) >= 11 is 0. The first-order chi connectivity index (χ1) is 11.4. The quantitative estimate of drug-likeness (QED) is 0.549. The van der Waals surface area contributed by atoms with E-state index < -0.39 is 10.0 Å². The molecule has 0 fully saturated rings. The number of nitrogens with zero attached hydrogens (tertiary/aromatic N) is 1. The van der Waals surface area contributed by atoms with Gasteiger partial charge in [0.05, 0.1) is 4.90 Å². The zero-order valence-electron chi connectivity index (χ0n) is 14.0. The Kier molecular flexibility index (Phi) is 3.22. The van der Waals surface area contributed by atoms with Crippen molar-refractivity contribution < 1.29 is 8.42 Å². The number of hydrogen-bond donors (Lipinski definition) is 0. The Morgan fingerprint density at radius 1 is 0.875 bits per heavy atom. The van der Waals surface area contributed by atoms with E-state index in [1.807, 2.05) is 19.1 Å². The number of benzene rings is 2. The second-order valence-corrected chi connectivity index (χ2v) is 8.47. The number of fused-ring (bicyclic) bond motifs is 3. The van der Waals surface area contributed by atoms with Crippen LogP contribution in [0.15, 0.2) is 53.7 Å². The van der Waals surface area contributed by atoms with E-state index in [2.05, 4.69) is 26.0 Å². The highest BCUT2D eigenvalue weighted by atomic mass is 32.2. The molecular weight excluding hydrogens is 318 g/mol. The van der Waals surface area contributed by atoms with Crippen molar-refractivity contribution in [1.82, 2.24) is 3.97 Å². The van der Waals surface area contributed by atoms with Gasteiger partial charge in [0.1, 0.15) is 0 Å². The fourth-order valence-corrected chi connectivity index (χ4v) is 4.72. The minimum atomic E-state index is -3.54. The van der Waals surface area contributed by atoms with Gasteiger partial charge in [0, 0.05) is 24.4 Å². The first kappa shape index (κ1) is 15.2. The normalized spacial score (nSPS) is 13.0. The third kappa shape index (κ3) is 2.21. The topological polar surface area (TPSA) is 39.1 Å². The molecule has 1 aliphatic carbocycles. The molecule has 1 aromatic heterocycles. The molecule has 2 aromatic carbocycles. The van der Waals surface area contributed by atoms with Gasteiger partial charge in [-0.05, 0) is 55.2 Å². The third-order valence-electron chi connectivity index (χ3n) is 4.76. The van der Waals surface area contributed by atoms with Gasteiger partial charge in [0.15, 0.2) is 0 Å². The minimum Gasteiger partial charge on any atom is -0.248 e.